The van der Waals surface area contributed by atoms with Crippen LogP contribution in [0.4, 0.5) is 0 Å². The molecule has 0 saturated heterocycles. The van der Waals surface area contributed by atoms with Crippen molar-refractivity contribution in [1.29, 1.82) is 0 Å². The summed E-state index contributed by atoms with van der Waals surface area (Å²) in [7, 11) is 0. The molecular weight excluding hydrogens is 621 g/mol. The normalized spacial score (nSPS) is 12.2. The summed E-state index contributed by atoms with van der Waals surface area (Å²) in [6.45, 7) is 0. The Hall–Kier alpha value is -6.78. The smallest absolute Gasteiger partial charge is 0.163 e. The summed E-state index contributed by atoms with van der Waals surface area (Å²) >= 11 is 0. The lowest BCUT2D eigenvalue weighted by molar-refractivity contribution is 1.05. The summed E-state index contributed by atoms with van der Waals surface area (Å²) in [5.74, 6) is 1.57. The molecule has 11 rings (SSSR count). The van der Waals surface area contributed by atoms with Gasteiger partial charge in [0.25, 0.3) is 0 Å². The SMILES string of the molecule is c1ccc(-c2nc(-c3ccc(-n4c5ccccc5c5cc6c(cc54)Cc4ccccc4-6)cc3)n3c(-c4ccccc4)c4ccccc4c3n2)cc1. The zero-order valence-corrected chi connectivity index (χ0v) is 27.7. The number of rotatable bonds is 4. The third kappa shape index (κ3) is 4.20. The maximum Gasteiger partial charge on any atom is 0.163 e. The molecule has 0 saturated carbocycles. The summed E-state index contributed by atoms with van der Waals surface area (Å²) in [6, 6.07) is 60.8. The van der Waals surface area contributed by atoms with Crippen molar-refractivity contribution in [3.8, 4) is 50.8 Å². The molecule has 51 heavy (non-hydrogen) atoms. The Kier molecular flexibility index (Phi) is 5.98. The molecule has 3 heterocycles. The van der Waals surface area contributed by atoms with Gasteiger partial charge in [0.2, 0.25) is 0 Å². The predicted octanol–water partition coefficient (Wildman–Crippen LogP) is 11.6. The standard InChI is InChI=1S/C47H30N4/c1-3-13-30(14-4-1)44-38-20-9-10-21-39(38)47-49-45(31-15-5-2-6-16-31)48-46(51(44)47)32-23-25-35(26-24-32)50-42-22-12-11-19-37(42)41-29-40-34(28-43(41)50)27-33-17-7-8-18-36(33)40/h1-26,28-29H,27H2. The molecule has 0 amide bonds. The van der Waals surface area contributed by atoms with Crippen molar-refractivity contribution in [1.82, 2.24) is 18.9 Å². The minimum atomic E-state index is 0.710. The predicted molar refractivity (Wildman–Crippen MR) is 209 cm³/mol. The van der Waals surface area contributed by atoms with Crippen LogP contribution in [-0.4, -0.2) is 18.9 Å². The van der Waals surface area contributed by atoms with Crippen molar-refractivity contribution >= 4 is 38.2 Å². The molecule has 0 radical (unpaired) electrons. The molecule has 10 aromatic rings. The van der Waals surface area contributed by atoms with Gasteiger partial charge in [-0.25, -0.2) is 9.97 Å². The number of nitrogens with zero attached hydrogens (tertiary/aromatic N) is 4. The second kappa shape index (κ2) is 10.9. The van der Waals surface area contributed by atoms with Crippen LogP contribution in [0.15, 0.2) is 170 Å². The first-order valence-electron chi connectivity index (χ1n) is 17.5. The highest BCUT2D eigenvalue weighted by Crippen LogP contribution is 2.43. The van der Waals surface area contributed by atoms with Gasteiger partial charge in [0.05, 0.1) is 16.7 Å². The molecule has 0 unspecified atom stereocenters. The summed E-state index contributed by atoms with van der Waals surface area (Å²) in [4.78, 5) is 10.5. The Bertz CT molecular complexity index is 2970. The Morgan fingerprint density at radius 1 is 0.431 bits per heavy atom. The fourth-order valence-electron chi connectivity index (χ4n) is 8.25. The van der Waals surface area contributed by atoms with E-state index in [1.54, 1.807) is 0 Å². The van der Waals surface area contributed by atoms with E-state index < -0.39 is 0 Å². The molecule has 4 heteroatoms. The van der Waals surface area contributed by atoms with E-state index in [-0.39, 0.29) is 0 Å². The molecule has 0 fully saturated rings. The molecule has 1 aliphatic carbocycles. The zero-order chi connectivity index (χ0) is 33.5. The van der Waals surface area contributed by atoms with Gasteiger partial charge >= 0.3 is 0 Å². The first-order chi connectivity index (χ1) is 25.3. The average molecular weight is 651 g/mol. The third-order valence-corrected chi connectivity index (χ3v) is 10.5. The Morgan fingerprint density at radius 3 is 1.90 bits per heavy atom. The second-order valence-electron chi connectivity index (χ2n) is 13.4. The molecule has 0 aliphatic heterocycles. The van der Waals surface area contributed by atoms with Crippen LogP contribution in [0.1, 0.15) is 11.1 Å². The van der Waals surface area contributed by atoms with Crippen LogP contribution in [0.2, 0.25) is 0 Å². The molecule has 4 nitrogen and oxygen atoms in total. The summed E-state index contributed by atoms with van der Waals surface area (Å²) in [5, 5.41) is 4.80. The van der Waals surface area contributed by atoms with Crippen molar-refractivity contribution < 1.29 is 0 Å². The van der Waals surface area contributed by atoms with Gasteiger partial charge in [-0.15, -0.1) is 0 Å². The van der Waals surface area contributed by atoms with Crippen molar-refractivity contribution in [3.63, 3.8) is 0 Å². The number of benzene rings is 7. The number of aromatic nitrogens is 4. The van der Waals surface area contributed by atoms with Gasteiger partial charge in [0.1, 0.15) is 11.5 Å². The van der Waals surface area contributed by atoms with Crippen LogP contribution < -0.4 is 0 Å². The van der Waals surface area contributed by atoms with Gasteiger partial charge in [-0.1, -0.05) is 127 Å². The number of para-hydroxylation sites is 1. The highest BCUT2D eigenvalue weighted by molar-refractivity contribution is 6.11. The zero-order valence-electron chi connectivity index (χ0n) is 27.7. The molecule has 7 aromatic carbocycles. The van der Waals surface area contributed by atoms with E-state index in [1.165, 1.54) is 44.1 Å². The van der Waals surface area contributed by atoms with Crippen molar-refractivity contribution in [2.45, 2.75) is 6.42 Å². The second-order valence-corrected chi connectivity index (χ2v) is 13.4. The van der Waals surface area contributed by atoms with Gasteiger partial charge in [-0.3, -0.25) is 4.40 Å². The van der Waals surface area contributed by atoms with Gasteiger partial charge in [0, 0.05) is 38.4 Å². The first-order valence-corrected chi connectivity index (χ1v) is 17.5. The fourth-order valence-corrected chi connectivity index (χ4v) is 8.25. The van der Waals surface area contributed by atoms with E-state index in [1.807, 2.05) is 18.2 Å². The molecule has 0 spiro atoms. The van der Waals surface area contributed by atoms with Crippen LogP contribution in [0.5, 0.6) is 0 Å². The van der Waals surface area contributed by atoms with E-state index >= 15 is 0 Å². The molecule has 0 N–H and O–H groups in total. The monoisotopic (exact) mass is 650 g/mol. The number of hydrogen-bond acceptors (Lipinski definition) is 2. The fraction of sp³-hybridized carbons (Fsp3) is 0.0213. The first kappa shape index (κ1) is 28.1. The van der Waals surface area contributed by atoms with E-state index in [2.05, 4.69) is 161 Å². The minimum absolute atomic E-state index is 0.710. The summed E-state index contributed by atoms with van der Waals surface area (Å²) < 4.78 is 4.67. The molecule has 0 bridgehead atoms. The lowest BCUT2D eigenvalue weighted by atomic mass is 10.0. The van der Waals surface area contributed by atoms with Crippen molar-refractivity contribution in [2.75, 3.05) is 0 Å². The highest BCUT2D eigenvalue weighted by Gasteiger charge is 2.23. The quantitative estimate of drug-likeness (QED) is 0.190. The Balaban J connectivity index is 1.14. The third-order valence-electron chi connectivity index (χ3n) is 10.5. The van der Waals surface area contributed by atoms with Gasteiger partial charge in [-0.2, -0.15) is 0 Å². The lowest BCUT2D eigenvalue weighted by Crippen LogP contribution is -2.03. The van der Waals surface area contributed by atoms with Crippen LogP contribution >= 0.6 is 0 Å². The molecule has 0 atom stereocenters. The van der Waals surface area contributed by atoms with E-state index in [4.69, 9.17) is 9.97 Å². The van der Waals surface area contributed by atoms with Crippen LogP contribution in [0.3, 0.4) is 0 Å². The maximum atomic E-state index is 5.32. The van der Waals surface area contributed by atoms with E-state index in [0.717, 1.165) is 56.7 Å². The van der Waals surface area contributed by atoms with E-state index in [9.17, 15) is 0 Å². The summed E-state index contributed by atoms with van der Waals surface area (Å²) in [5.41, 5.74) is 14.2. The Morgan fingerprint density at radius 2 is 1.10 bits per heavy atom. The van der Waals surface area contributed by atoms with Gasteiger partial charge in [0.15, 0.2) is 5.82 Å². The summed E-state index contributed by atoms with van der Waals surface area (Å²) in [6.07, 6.45) is 0.963. The lowest BCUT2D eigenvalue weighted by Gasteiger charge is -2.14. The Labute approximate surface area is 294 Å². The highest BCUT2D eigenvalue weighted by atomic mass is 15.1. The molecule has 1 aliphatic rings. The minimum Gasteiger partial charge on any atom is -0.309 e. The maximum absolute atomic E-state index is 5.32. The van der Waals surface area contributed by atoms with Crippen LogP contribution in [0.25, 0.3) is 89.1 Å². The molecular formula is C47H30N4. The largest absolute Gasteiger partial charge is 0.309 e. The van der Waals surface area contributed by atoms with Crippen molar-refractivity contribution in [3.05, 3.63) is 181 Å². The topological polar surface area (TPSA) is 35.1 Å². The number of fused-ring (bicyclic) bond motifs is 9. The van der Waals surface area contributed by atoms with E-state index in [0.29, 0.717) is 5.82 Å². The molecule has 238 valence electrons. The molecule has 3 aromatic heterocycles. The average Bonchev–Trinajstić information content (AvgIpc) is 3.85. The van der Waals surface area contributed by atoms with Crippen LogP contribution in [-0.2, 0) is 6.42 Å². The van der Waals surface area contributed by atoms with Crippen molar-refractivity contribution in [2.24, 2.45) is 0 Å². The van der Waals surface area contributed by atoms with Crippen LogP contribution in [0, 0.1) is 0 Å². The van der Waals surface area contributed by atoms with Gasteiger partial charge < -0.3 is 4.57 Å². The number of hydrogen-bond donors (Lipinski definition) is 0. The van der Waals surface area contributed by atoms with Gasteiger partial charge in [-0.05, 0) is 76.7 Å².